The smallest absolute Gasteiger partial charge is 0.191 e. The average Bonchev–Trinajstić information content (AvgIpc) is 3.26. The molecule has 2 fully saturated rings. The summed E-state index contributed by atoms with van der Waals surface area (Å²) in [5, 5.41) is 6.86. The van der Waals surface area contributed by atoms with Gasteiger partial charge in [-0.1, -0.05) is 19.1 Å². The standard InChI is InChI=1S/C24H33FN6.HI/c1-18-9-13-30(14-10-18)21-7-5-19(6-8-21)16-28-24(26-2)29-20-11-15-31(17-20)23-22(25)4-3-12-27-23;/h3-8,12,18,20H,9-11,13-17H2,1-2H3,(H2,26,28,29);1H. The molecule has 3 heterocycles. The van der Waals surface area contributed by atoms with Gasteiger partial charge >= 0.3 is 0 Å². The Bertz CT molecular complexity index is 882. The highest BCUT2D eigenvalue weighted by molar-refractivity contribution is 14.0. The molecule has 174 valence electrons. The van der Waals surface area contributed by atoms with Gasteiger partial charge in [0, 0.05) is 57.7 Å². The Morgan fingerprint density at radius 3 is 2.50 bits per heavy atom. The molecule has 1 aromatic heterocycles. The van der Waals surface area contributed by atoms with Gasteiger partial charge < -0.3 is 20.4 Å². The van der Waals surface area contributed by atoms with E-state index in [1.165, 1.54) is 30.2 Å². The third kappa shape index (κ3) is 6.24. The summed E-state index contributed by atoms with van der Waals surface area (Å²) in [4.78, 5) is 13.0. The minimum absolute atomic E-state index is 0. The minimum Gasteiger partial charge on any atom is -0.372 e. The molecule has 0 amide bonds. The zero-order valence-corrected chi connectivity index (χ0v) is 21.3. The number of hydrogen-bond acceptors (Lipinski definition) is 4. The van der Waals surface area contributed by atoms with Crippen LogP contribution in [0.3, 0.4) is 0 Å². The van der Waals surface area contributed by atoms with E-state index in [1.807, 2.05) is 4.90 Å². The van der Waals surface area contributed by atoms with E-state index in [-0.39, 0.29) is 35.8 Å². The van der Waals surface area contributed by atoms with E-state index in [1.54, 1.807) is 19.3 Å². The fourth-order valence-corrected chi connectivity index (χ4v) is 4.35. The number of rotatable bonds is 5. The van der Waals surface area contributed by atoms with Crippen molar-refractivity contribution >= 4 is 41.4 Å². The maximum atomic E-state index is 14.0. The highest BCUT2D eigenvalue weighted by Gasteiger charge is 2.26. The number of halogens is 2. The predicted octanol–water partition coefficient (Wildman–Crippen LogP) is 4.02. The van der Waals surface area contributed by atoms with Crippen LogP contribution in [-0.4, -0.2) is 50.2 Å². The van der Waals surface area contributed by atoms with Crippen molar-refractivity contribution in [3.05, 3.63) is 54.0 Å². The Hall–Kier alpha value is -2.10. The molecule has 0 radical (unpaired) electrons. The lowest BCUT2D eigenvalue weighted by molar-refractivity contribution is 0.438. The molecule has 2 N–H and O–H groups in total. The molecule has 0 aliphatic carbocycles. The van der Waals surface area contributed by atoms with E-state index in [0.29, 0.717) is 18.9 Å². The molecule has 2 aromatic rings. The van der Waals surface area contributed by atoms with Crippen molar-refractivity contribution in [1.29, 1.82) is 0 Å². The first kappa shape index (κ1) is 24.5. The van der Waals surface area contributed by atoms with E-state index >= 15 is 0 Å². The Labute approximate surface area is 207 Å². The first-order chi connectivity index (χ1) is 15.1. The first-order valence-electron chi connectivity index (χ1n) is 11.3. The molecular formula is C24H34FIN6. The van der Waals surface area contributed by atoms with Crippen molar-refractivity contribution in [2.75, 3.05) is 43.0 Å². The lowest BCUT2D eigenvalue weighted by Gasteiger charge is -2.32. The number of nitrogens with zero attached hydrogens (tertiary/aromatic N) is 4. The summed E-state index contributed by atoms with van der Waals surface area (Å²) in [6, 6.07) is 12.1. The summed E-state index contributed by atoms with van der Waals surface area (Å²) < 4.78 is 14.0. The van der Waals surface area contributed by atoms with E-state index < -0.39 is 0 Å². The SMILES string of the molecule is CN=C(NCc1ccc(N2CCC(C)CC2)cc1)NC1CCN(c2ncccc2F)C1.I. The van der Waals surface area contributed by atoms with Crippen molar-refractivity contribution in [2.45, 2.75) is 38.8 Å². The Morgan fingerprint density at radius 1 is 1.09 bits per heavy atom. The van der Waals surface area contributed by atoms with Gasteiger partial charge in [0.15, 0.2) is 17.6 Å². The minimum atomic E-state index is -0.270. The highest BCUT2D eigenvalue weighted by Crippen LogP contribution is 2.23. The number of aromatic nitrogens is 1. The average molecular weight is 552 g/mol. The molecule has 0 saturated carbocycles. The molecule has 32 heavy (non-hydrogen) atoms. The first-order valence-corrected chi connectivity index (χ1v) is 11.3. The van der Waals surface area contributed by atoms with Gasteiger partial charge in [-0.05, 0) is 55.0 Å². The van der Waals surface area contributed by atoms with Crippen molar-refractivity contribution in [2.24, 2.45) is 10.9 Å². The molecule has 1 atom stereocenters. The van der Waals surface area contributed by atoms with Crippen molar-refractivity contribution < 1.29 is 4.39 Å². The fourth-order valence-electron chi connectivity index (χ4n) is 4.35. The maximum Gasteiger partial charge on any atom is 0.191 e. The topological polar surface area (TPSA) is 55.8 Å². The Morgan fingerprint density at radius 2 is 1.81 bits per heavy atom. The number of pyridine rings is 1. The summed E-state index contributed by atoms with van der Waals surface area (Å²) in [7, 11) is 1.78. The van der Waals surface area contributed by atoms with Crippen LogP contribution in [0.15, 0.2) is 47.6 Å². The molecular weight excluding hydrogens is 518 g/mol. The monoisotopic (exact) mass is 552 g/mol. The molecule has 1 aromatic carbocycles. The van der Waals surface area contributed by atoms with Gasteiger partial charge in [0.25, 0.3) is 0 Å². The molecule has 2 saturated heterocycles. The molecule has 4 rings (SSSR count). The van der Waals surface area contributed by atoms with Gasteiger partial charge in [-0.2, -0.15) is 0 Å². The Balaban J connectivity index is 0.00000289. The van der Waals surface area contributed by atoms with Crippen LogP contribution < -0.4 is 20.4 Å². The van der Waals surface area contributed by atoms with Crippen LogP contribution >= 0.6 is 24.0 Å². The van der Waals surface area contributed by atoms with Crippen LogP contribution in [0.25, 0.3) is 0 Å². The zero-order chi connectivity index (χ0) is 21.6. The van der Waals surface area contributed by atoms with Crippen LogP contribution in [0.4, 0.5) is 15.9 Å². The third-order valence-corrected chi connectivity index (χ3v) is 6.34. The van der Waals surface area contributed by atoms with Crippen molar-refractivity contribution in [3.8, 4) is 0 Å². The number of nitrogens with one attached hydrogen (secondary N) is 2. The van der Waals surface area contributed by atoms with Crippen LogP contribution in [0.2, 0.25) is 0 Å². The number of piperidine rings is 1. The van der Waals surface area contributed by atoms with Gasteiger partial charge in [-0.25, -0.2) is 9.37 Å². The largest absolute Gasteiger partial charge is 0.372 e. The van der Waals surface area contributed by atoms with Crippen molar-refractivity contribution in [3.63, 3.8) is 0 Å². The van der Waals surface area contributed by atoms with Crippen LogP contribution in [0.1, 0.15) is 31.7 Å². The maximum absolute atomic E-state index is 14.0. The molecule has 1 unspecified atom stereocenters. The number of guanidine groups is 1. The summed E-state index contributed by atoms with van der Waals surface area (Å²) in [6.45, 7) is 6.83. The third-order valence-electron chi connectivity index (χ3n) is 6.34. The number of anilines is 2. The lowest BCUT2D eigenvalue weighted by atomic mass is 9.99. The van der Waals surface area contributed by atoms with Gasteiger partial charge in [-0.15, -0.1) is 24.0 Å². The number of hydrogen-bond donors (Lipinski definition) is 2. The van der Waals surface area contributed by atoms with E-state index in [0.717, 1.165) is 37.9 Å². The lowest BCUT2D eigenvalue weighted by Crippen LogP contribution is -2.44. The second-order valence-corrected chi connectivity index (χ2v) is 8.65. The summed E-state index contributed by atoms with van der Waals surface area (Å²) in [5.41, 5.74) is 2.53. The summed E-state index contributed by atoms with van der Waals surface area (Å²) >= 11 is 0. The quantitative estimate of drug-likeness (QED) is 0.334. The fraction of sp³-hybridized carbons (Fsp3) is 0.500. The number of aliphatic imine (C=N–C) groups is 1. The van der Waals surface area contributed by atoms with Crippen LogP contribution in [-0.2, 0) is 6.54 Å². The highest BCUT2D eigenvalue weighted by atomic mass is 127. The second-order valence-electron chi connectivity index (χ2n) is 8.65. The Kier molecular flexibility index (Phi) is 8.95. The molecule has 6 nitrogen and oxygen atoms in total. The molecule has 2 aliphatic heterocycles. The predicted molar refractivity (Wildman–Crippen MR) is 141 cm³/mol. The number of benzene rings is 1. The van der Waals surface area contributed by atoms with Gasteiger partial charge in [0.1, 0.15) is 0 Å². The van der Waals surface area contributed by atoms with E-state index in [2.05, 4.69) is 56.7 Å². The normalized spacial score (nSPS) is 19.6. The molecule has 0 bridgehead atoms. The molecule has 2 aliphatic rings. The molecule has 8 heteroatoms. The molecule has 0 spiro atoms. The second kappa shape index (κ2) is 11.7. The zero-order valence-electron chi connectivity index (χ0n) is 18.9. The summed E-state index contributed by atoms with van der Waals surface area (Å²) in [5.74, 6) is 1.77. The van der Waals surface area contributed by atoms with Gasteiger partial charge in [0.2, 0.25) is 0 Å². The van der Waals surface area contributed by atoms with Gasteiger partial charge in [-0.3, -0.25) is 4.99 Å². The van der Waals surface area contributed by atoms with Crippen molar-refractivity contribution in [1.82, 2.24) is 15.6 Å². The van der Waals surface area contributed by atoms with E-state index in [9.17, 15) is 4.39 Å². The van der Waals surface area contributed by atoms with E-state index in [4.69, 9.17) is 0 Å². The van der Waals surface area contributed by atoms with Gasteiger partial charge in [0.05, 0.1) is 0 Å². The summed E-state index contributed by atoms with van der Waals surface area (Å²) in [6.07, 6.45) is 5.10. The van der Waals surface area contributed by atoms with Crippen LogP contribution in [0, 0.1) is 11.7 Å². The van der Waals surface area contributed by atoms with Crippen LogP contribution in [0.5, 0.6) is 0 Å².